The Morgan fingerprint density at radius 1 is 1.00 bits per heavy atom. The van der Waals surface area contributed by atoms with Crippen LogP contribution in [0.15, 0.2) is 61.2 Å². The molecule has 0 aliphatic carbocycles. The van der Waals surface area contributed by atoms with E-state index in [-0.39, 0.29) is 0 Å². The molecule has 2 rings (SSSR count). The Bertz CT molecular complexity index is 502. The molecule has 0 aliphatic heterocycles. The molecule has 2 heteroatoms. The molecule has 0 amide bonds. The van der Waals surface area contributed by atoms with Crippen molar-refractivity contribution in [3.05, 3.63) is 71.8 Å². The minimum atomic E-state index is 0.743. The summed E-state index contributed by atoms with van der Waals surface area (Å²) in [6.45, 7) is 4.12. The molecule has 0 heterocycles. The van der Waals surface area contributed by atoms with Crippen LogP contribution in [0.3, 0.4) is 0 Å². The molecule has 86 valence electrons. The molecule has 2 aromatic rings. The van der Waals surface area contributed by atoms with E-state index in [1.54, 1.807) is 0 Å². The molecule has 17 heavy (non-hydrogen) atoms. The summed E-state index contributed by atoms with van der Waals surface area (Å²) in [5.41, 5.74) is 3.15. The Morgan fingerprint density at radius 2 is 1.59 bits per heavy atom. The molecule has 0 spiro atoms. The van der Waals surface area contributed by atoms with Crippen molar-refractivity contribution in [3.63, 3.8) is 0 Å². The zero-order valence-corrected chi connectivity index (χ0v) is 10.5. The lowest BCUT2D eigenvalue weighted by Gasteiger charge is -2.22. The number of hydrogen-bond donors (Lipinski definition) is 0. The van der Waals surface area contributed by atoms with E-state index in [4.69, 9.17) is 11.6 Å². The summed E-state index contributed by atoms with van der Waals surface area (Å²) in [6.07, 6.45) is 0. The summed E-state index contributed by atoms with van der Waals surface area (Å²) < 4.78 is 0. The molecule has 2 aromatic carbocycles. The van der Waals surface area contributed by atoms with Crippen molar-refractivity contribution in [3.8, 4) is 0 Å². The molecule has 0 saturated carbocycles. The highest BCUT2D eigenvalue weighted by molar-refractivity contribution is 6.30. The molecule has 0 unspecified atom stereocenters. The third-order valence-electron chi connectivity index (χ3n) is 2.73. The number of hydrogen-bond acceptors (Lipinski definition) is 1. The van der Waals surface area contributed by atoms with Crippen molar-refractivity contribution in [2.24, 2.45) is 0 Å². The van der Waals surface area contributed by atoms with Gasteiger partial charge in [0.1, 0.15) is 0 Å². The Morgan fingerprint density at radius 3 is 2.18 bits per heavy atom. The van der Waals surface area contributed by atoms with Crippen molar-refractivity contribution >= 4 is 23.0 Å². The summed E-state index contributed by atoms with van der Waals surface area (Å²) >= 11 is 5.87. The Labute approximate surface area is 107 Å². The molecule has 0 saturated heterocycles. The maximum atomic E-state index is 5.87. The fourth-order valence-corrected chi connectivity index (χ4v) is 1.77. The highest BCUT2D eigenvalue weighted by Gasteiger charge is 2.06. The van der Waals surface area contributed by atoms with E-state index >= 15 is 0 Å². The second kappa shape index (κ2) is 5.07. The normalized spacial score (nSPS) is 10.0. The van der Waals surface area contributed by atoms with Crippen molar-refractivity contribution in [1.29, 1.82) is 0 Å². The van der Waals surface area contributed by atoms with E-state index in [1.165, 1.54) is 0 Å². The van der Waals surface area contributed by atoms with Gasteiger partial charge in [-0.1, -0.05) is 48.5 Å². The quantitative estimate of drug-likeness (QED) is 0.770. The number of nitrogens with zero attached hydrogens (tertiary/aromatic N) is 1. The third-order valence-corrected chi connectivity index (χ3v) is 2.98. The van der Waals surface area contributed by atoms with Crippen LogP contribution in [0.2, 0.25) is 5.02 Å². The molecule has 0 radical (unpaired) electrons. The zero-order valence-electron chi connectivity index (χ0n) is 9.73. The van der Waals surface area contributed by atoms with Crippen LogP contribution in [0.4, 0.5) is 5.69 Å². The van der Waals surface area contributed by atoms with Crippen LogP contribution >= 0.6 is 11.6 Å². The summed E-state index contributed by atoms with van der Waals surface area (Å²) in [5.74, 6) is 0. The highest BCUT2D eigenvalue weighted by Crippen LogP contribution is 2.24. The van der Waals surface area contributed by atoms with Crippen LogP contribution in [0.5, 0.6) is 0 Å². The predicted molar refractivity (Wildman–Crippen MR) is 75.3 cm³/mol. The Balaban J connectivity index is 2.23. The predicted octanol–water partition coefficient (Wildman–Crippen LogP) is 4.45. The second-order valence-electron chi connectivity index (χ2n) is 3.85. The summed E-state index contributed by atoms with van der Waals surface area (Å²) in [6, 6.07) is 17.8. The van der Waals surface area contributed by atoms with Gasteiger partial charge in [-0.25, -0.2) is 0 Å². The maximum Gasteiger partial charge on any atom is 0.0409 e. The van der Waals surface area contributed by atoms with E-state index in [9.17, 15) is 0 Å². The lowest BCUT2D eigenvalue weighted by Crippen LogP contribution is -2.14. The fourth-order valence-electron chi connectivity index (χ4n) is 1.64. The molecule has 0 aliphatic rings. The summed E-state index contributed by atoms with van der Waals surface area (Å²) in [7, 11) is 2.00. The SMILES string of the molecule is C=C(c1ccccc1)N(C)c1ccc(Cl)cc1. The minimum Gasteiger partial charge on any atom is -0.345 e. The van der Waals surface area contributed by atoms with Gasteiger partial charge in [0, 0.05) is 23.5 Å². The molecule has 0 bridgehead atoms. The molecule has 0 fully saturated rings. The minimum absolute atomic E-state index is 0.743. The summed E-state index contributed by atoms with van der Waals surface area (Å²) in [4.78, 5) is 2.05. The van der Waals surface area contributed by atoms with Gasteiger partial charge in [0.15, 0.2) is 0 Å². The average molecular weight is 244 g/mol. The number of rotatable bonds is 3. The molecule has 0 atom stereocenters. The van der Waals surface area contributed by atoms with Gasteiger partial charge >= 0.3 is 0 Å². The van der Waals surface area contributed by atoms with Crippen molar-refractivity contribution in [2.45, 2.75) is 0 Å². The third kappa shape index (κ3) is 2.69. The molecule has 0 aromatic heterocycles. The van der Waals surface area contributed by atoms with Crippen LogP contribution in [0, 0.1) is 0 Å². The van der Waals surface area contributed by atoms with Gasteiger partial charge in [0.25, 0.3) is 0 Å². The molecular formula is C15H14ClN. The van der Waals surface area contributed by atoms with Gasteiger partial charge in [-0.15, -0.1) is 0 Å². The first-order valence-electron chi connectivity index (χ1n) is 5.42. The van der Waals surface area contributed by atoms with Gasteiger partial charge in [-0.3, -0.25) is 0 Å². The van der Waals surface area contributed by atoms with Gasteiger partial charge in [0.2, 0.25) is 0 Å². The fraction of sp³-hybridized carbons (Fsp3) is 0.0667. The van der Waals surface area contributed by atoms with Crippen molar-refractivity contribution < 1.29 is 0 Å². The number of benzene rings is 2. The number of anilines is 1. The Hall–Kier alpha value is -1.73. The van der Waals surface area contributed by atoms with Crippen LogP contribution in [0.1, 0.15) is 5.56 Å². The highest BCUT2D eigenvalue weighted by atomic mass is 35.5. The van der Waals surface area contributed by atoms with E-state index in [0.29, 0.717) is 0 Å². The first-order chi connectivity index (χ1) is 8.18. The second-order valence-corrected chi connectivity index (χ2v) is 4.28. The maximum absolute atomic E-state index is 5.87. The van der Waals surface area contributed by atoms with Gasteiger partial charge in [-0.2, -0.15) is 0 Å². The van der Waals surface area contributed by atoms with Gasteiger partial charge in [0.05, 0.1) is 0 Å². The Kier molecular flexibility index (Phi) is 3.50. The standard InChI is InChI=1S/C15H14ClN/c1-12(13-6-4-3-5-7-13)17(2)15-10-8-14(16)9-11-15/h3-11H,1H2,2H3. The molecule has 0 N–H and O–H groups in total. The smallest absolute Gasteiger partial charge is 0.0409 e. The topological polar surface area (TPSA) is 3.24 Å². The lowest BCUT2D eigenvalue weighted by atomic mass is 10.1. The average Bonchev–Trinajstić information content (AvgIpc) is 2.39. The van der Waals surface area contributed by atoms with E-state index in [0.717, 1.165) is 22.0 Å². The van der Waals surface area contributed by atoms with Crippen LogP contribution < -0.4 is 4.90 Å². The van der Waals surface area contributed by atoms with Crippen molar-refractivity contribution in [2.75, 3.05) is 11.9 Å². The largest absolute Gasteiger partial charge is 0.345 e. The number of halogens is 1. The van der Waals surface area contributed by atoms with E-state index < -0.39 is 0 Å². The summed E-state index contributed by atoms with van der Waals surface area (Å²) in [5, 5.41) is 0.743. The molecule has 1 nitrogen and oxygen atoms in total. The monoisotopic (exact) mass is 243 g/mol. The van der Waals surface area contributed by atoms with Gasteiger partial charge < -0.3 is 4.90 Å². The first kappa shape index (κ1) is 11.7. The van der Waals surface area contributed by atoms with E-state index in [2.05, 4.69) is 18.7 Å². The van der Waals surface area contributed by atoms with Crippen LogP contribution in [-0.4, -0.2) is 7.05 Å². The molecular weight excluding hydrogens is 230 g/mol. The zero-order chi connectivity index (χ0) is 12.3. The lowest BCUT2D eigenvalue weighted by molar-refractivity contribution is 1.22. The first-order valence-corrected chi connectivity index (χ1v) is 5.80. The van der Waals surface area contributed by atoms with E-state index in [1.807, 2.05) is 54.4 Å². The van der Waals surface area contributed by atoms with Crippen LogP contribution in [-0.2, 0) is 0 Å². The van der Waals surface area contributed by atoms with Crippen LogP contribution in [0.25, 0.3) is 5.70 Å². The van der Waals surface area contributed by atoms with Crippen molar-refractivity contribution in [1.82, 2.24) is 0 Å². The van der Waals surface area contributed by atoms with Gasteiger partial charge in [-0.05, 0) is 29.8 Å².